The van der Waals surface area contributed by atoms with Crippen LogP contribution < -0.4 is 16.4 Å². The van der Waals surface area contributed by atoms with E-state index in [9.17, 15) is 4.79 Å². The van der Waals surface area contributed by atoms with Gasteiger partial charge in [-0.1, -0.05) is 13.8 Å². The van der Waals surface area contributed by atoms with Gasteiger partial charge in [0.1, 0.15) is 5.69 Å². The number of nitrogens with one attached hydrogen (secondary N) is 2. The third-order valence-electron chi connectivity index (χ3n) is 3.48. The van der Waals surface area contributed by atoms with E-state index in [2.05, 4.69) is 29.5 Å². The molecule has 4 N–H and O–H groups in total. The molecular formula is C14H24N4O. The third kappa shape index (κ3) is 3.92. The summed E-state index contributed by atoms with van der Waals surface area (Å²) in [4.78, 5) is 15.8. The number of carbonyl (C=O) groups excluding carboxylic acids is 1. The highest BCUT2D eigenvalue weighted by molar-refractivity contribution is 5.93. The average molecular weight is 264 g/mol. The fraction of sp³-hybridized carbons (Fsp3) is 0.571. The summed E-state index contributed by atoms with van der Waals surface area (Å²) in [5, 5.41) is 6.17. The van der Waals surface area contributed by atoms with Crippen LogP contribution in [0.4, 0.5) is 5.69 Å². The van der Waals surface area contributed by atoms with Crippen LogP contribution in [0.25, 0.3) is 0 Å². The van der Waals surface area contributed by atoms with Crippen LogP contribution in [0.3, 0.4) is 0 Å². The maximum Gasteiger partial charge on any atom is 0.269 e. The number of aromatic nitrogens is 1. The van der Waals surface area contributed by atoms with Crippen molar-refractivity contribution in [3.8, 4) is 0 Å². The molecule has 0 aromatic carbocycles. The number of rotatable bonds is 7. The minimum absolute atomic E-state index is 0.125. The van der Waals surface area contributed by atoms with Gasteiger partial charge in [-0.2, -0.15) is 0 Å². The first-order valence-corrected chi connectivity index (χ1v) is 6.83. The van der Waals surface area contributed by atoms with Crippen molar-refractivity contribution in [2.45, 2.75) is 39.2 Å². The largest absolute Gasteiger partial charge is 0.378 e. The standard InChI is InChI=1S/C14H24N4O/c1-4-14(5-2,10-15)18-11-7-8-17-12(9-11)13(19)16-6-3/h7-9H,4-6,10,15H2,1-3H3,(H,16,19)(H,17,18). The molecule has 19 heavy (non-hydrogen) atoms. The van der Waals surface area contributed by atoms with Crippen LogP contribution >= 0.6 is 0 Å². The summed E-state index contributed by atoms with van der Waals surface area (Å²) in [5.74, 6) is -0.155. The van der Waals surface area contributed by atoms with Crippen LogP contribution in [0, 0.1) is 0 Å². The number of carbonyl (C=O) groups is 1. The highest BCUT2D eigenvalue weighted by Gasteiger charge is 2.24. The summed E-state index contributed by atoms with van der Waals surface area (Å²) in [6.07, 6.45) is 3.50. The Bertz CT molecular complexity index is 407. The zero-order chi connectivity index (χ0) is 14.3. The summed E-state index contributed by atoms with van der Waals surface area (Å²) in [6, 6.07) is 3.62. The second-order valence-electron chi connectivity index (χ2n) is 4.61. The highest BCUT2D eigenvalue weighted by atomic mass is 16.1. The molecule has 106 valence electrons. The predicted octanol–water partition coefficient (Wildman–Crippen LogP) is 1.76. The van der Waals surface area contributed by atoms with E-state index in [0.29, 0.717) is 18.8 Å². The van der Waals surface area contributed by atoms with Gasteiger partial charge in [0.25, 0.3) is 5.91 Å². The number of hydrogen-bond donors (Lipinski definition) is 3. The van der Waals surface area contributed by atoms with Crippen LogP contribution in [-0.4, -0.2) is 29.5 Å². The Balaban J connectivity index is 2.90. The van der Waals surface area contributed by atoms with E-state index in [1.165, 1.54) is 0 Å². The lowest BCUT2D eigenvalue weighted by atomic mass is 9.92. The van der Waals surface area contributed by atoms with Crippen molar-refractivity contribution in [3.05, 3.63) is 24.0 Å². The van der Waals surface area contributed by atoms with Gasteiger partial charge in [0.15, 0.2) is 0 Å². The molecule has 0 aliphatic heterocycles. The molecule has 0 aliphatic rings. The quantitative estimate of drug-likeness (QED) is 0.701. The van der Waals surface area contributed by atoms with Gasteiger partial charge in [-0.25, -0.2) is 0 Å². The van der Waals surface area contributed by atoms with Crippen LogP contribution in [0.5, 0.6) is 0 Å². The van der Waals surface area contributed by atoms with E-state index in [1.54, 1.807) is 12.3 Å². The Morgan fingerprint density at radius 2 is 2.05 bits per heavy atom. The summed E-state index contributed by atoms with van der Waals surface area (Å²) >= 11 is 0. The fourth-order valence-corrected chi connectivity index (χ4v) is 1.96. The topological polar surface area (TPSA) is 80.0 Å². The van der Waals surface area contributed by atoms with E-state index in [1.807, 2.05) is 13.0 Å². The molecule has 1 amide bonds. The molecule has 5 heteroatoms. The van der Waals surface area contributed by atoms with Crippen LogP contribution in [-0.2, 0) is 0 Å². The molecule has 1 rings (SSSR count). The Labute approximate surface area is 115 Å². The SMILES string of the molecule is CCNC(=O)c1cc(NC(CC)(CC)CN)ccn1. The van der Waals surface area contributed by atoms with Crippen LogP contribution in [0.1, 0.15) is 44.1 Å². The lowest BCUT2D eigenvalue weighted by molar-refractivity contribution is 0.0951. The van der Waals surface area contributed by atoms with E-state index in [-0.39, 0.29) is 11.4 Å². The second kappa shape index (κ2) is 7.09. The van der Waals surface area contributed by atoms with Crippen LogP contribution in [0.15, 0.2) is 18.3 Å². The monoisotopic (exact) mass is 264 g/mol. The summed E-state index contributed by atoms with van der Waals surface area (Å²) in [7, 11) is 0. The molecule has 0 unspecified atom stereocenters. The molecule has 0 radical (unpaired) electrons. The van der Waals surface area contributed by atoms with Gasteiger partial charge >= 0.3 is 0 Å². The molecule has 1 heterocycles. The van der Waals surface area contributed by atoms with E-state index in [4.69, 9.17) is 5.73 Å². The van der Waals surface area contributed by atoms with Crippen molar-refractivity contribution >= 4 is 11.6 Å². The number of nitrogens with two attached hydrogens (primary N) is 1. The minimum atomic E-state index is -0.155. The van der Waals surface area contributed by atoms with Crippen molar-refractivity contribution in [1.29, 1.82) is 0 Å². The Morgan fingerprint density at radius 3 is 2.58 bits per heavy atom. The van der Waals surface area contributed by atoms with Crippen molar-refractivity contribution in [3.63, 3.8) is 0 Å². The highest BCUT2D eigenvalue weighted by Crippen LogP contribution is 2.21. The number of amides is 1. The first-order chi connectivity index (χ1) is 9.10. The lowest BCUT2D eigenvalue weighted by Gasteiger charge is -2.32. The lowest BCUT2D eigenvalue weighted by Crippen LogP contribution is -2.44. The maximum atomic E-state index is 11.7. The van der Waals surface area contributed by atoms with Crippen molar-refractivity contribution in [1.82, 2.24) is 10.3 Å². The van der Waals surface area contributed by atoms with Gasteiger partial charge in [0.2, 0.25) is 0 Å². The first kappa shape index (κ1) is 15.4. The number of hydrogen-bond acceptors (Lipinski definition) is 4. The molecule has 0 saturated carbocycles. The Morgan fingerprint density at radius 1 is 1.37 bits per heavy atom. The van der Waals surface area contributed by atoms with Gasteiger partial charge in [0, 0.05) is 30.5 Å². The smallest absolute Gasteiger partial charge is 0.269 e. The van der Waals surface area contributed by atoms with E-state index in [0.717, 1.165) is 18.5 Å². The molecule has 1 aromatic heterocycles. The predicted molar refractivity (Wildman–Crippen MR) is 78.2 cm³/mol. The van der Waals surface area contributed by atoms with Crippen molar-refractivity contribution in [2.24, 2.45) is 5.73 Å². The van der Waals surface area contributed by atoms with Gasteiger partial charge in [0.05, 0.1) is 0 Å². The minimum Gasteiger partial charge on any atom is -0.378 e. The second-order valence-corrected chi connectivity index (χ2v) is 4.61. The Hall–Kier alpha value is -1.62. The zero-order valence-electron chi connectivity index (χ0n) is 12.0. The molecule has 0 fully saturated rings. The molecule has 0 aliphatic carbocycles. The van der Waals surface area contributed by atoms with E-state index >= 15 is 0 Å². The average Bonchev–Trinajstić information content (AvgIpc) is 2.45. The van der Waals surface area contributed by atoms with Gasteiger partial charge in [-0.3, -0.25) is 9.78 Å². The van der Waals surface area contributed by atoms with Crippen molar-refractivity contribution < 1.29 is 4.79 Å². The number of pyridine rings is 1. The van der Waals surface area contributed by atoms with Gasteiger partial charge in [-0.15, -0.1) is 0 Å². The molecule has 5 nitrogen and oxygen atoms in total. The third-order valence-corrected chi connectivity index (χ3v) is 3.48. The fourth-order valence-electron chi connectivity index (χ4n) is 1.96. The molecule has 1 aromatic rings. The Kier molecular flexibility index (Phi) is 5.76. The van der Waals surface area contributed by atoms with Crippen molar-refractivity contribution in [2.75, 3.05) is 18.4 Å². The van der Waals surface area contributed by atoms with E-state index < -0.39 is 0 Å². The molecule has 0 bridgehead atoms. The van der Waals surface area contributed by atoms with Crippen LogP contribution in [0.2, 0.25) is 0 Å². The number of nitrogens with zero attached hydrogens (tertiary/aromatic N) is 1. The normalized spacial score (nSPS) is 11.2. The van der Waals surface area contributed by atoms with Gasteiger partial charge in [-0.05, 0) is 31.9 Å². The molecule has 0 spiro atoms. The first-order valence-electron chi connectivity index (χ1n) is 6.83. The number of anilines is 1. The molecule has 0 saturated heterocycles. The zero-order valence-corrected chi connectivity index (χ0v) is 12.0. The molecular weight excluding hydrogens is 240 g/mol. The maximum absolute atomic E-state index is 11.7. The molecule has 0 atom stereocenters. The van der Waals surface area contributed by atoms with Gasteiger partial charge < -0.3 is 16.4 Å². The summed E-state index contributed by atoms with van der Waals surface area (Å²) in [5.41, 5.74) is 7.04. The summed E-state index contributed by atoms with van der Waals surface area (Å²) < 4.78 is 0. The summed E-state index contributed by atoms with van der Waals surface area (Å²) in [6.45, 7) is 7.24.